The van der Waals surface area contributed by atoms with Gasteiger partial charge in [0, 0.05) is 18.2 Å². The molecule has 0 fully saturated rings. The average molecular weight is 372 g/mol. The van der Waals surface area contributed by atoms with Gasteiger partial charge < -0.3 is 14.2 Å². The highest BCUT2D eigenvalue weighted by atomic mass is 35.5. The lowest BCUT2D eigenvalue weighted by Crippen LogP contribution is -2.13. The fourth-order valence-corrected chi connectivity index (χ4v) is 3.09. The number of benzene rings is 2. The molecular weight excluding hydrogens is 354 g/mol. The molecule has 0 aromatic heterocycles. The van der Waals surface area contributed by atoms with Crippen molar-refractivity contribution < 1.29 is 22.6 Å². The lowest BCUT2D eigenvalue weighted by atomic mass is 10.3. The van der Waals surface area contributed by atoms with E-state index >= 15 is 0 Å². The lowest BCUT2D eigenvalue weighted by Gasteiger charge is -2.13. The molecule has 6 nitrogen and oxygen atoms in total. The van der Waals surface area contributed by atoms with Crippen LogP contribution in [0.5, 0.6) is 11.5 Å². The van der Waals surface area contributed by atoms with Crippen molar-refractivity contribution in [2.24, 2.45) is 0 Å². The second kappa shape index (κ2) is 8.23. The largest absolute Gasteiger partial charge is 0.493 e. The van der Waals surface area contributed by atoms with Gasteiger partial charge >= 0.3 is 0 Å². The minimum Gasteiger partial charge on any atom is -0.493 e. The van der Waals surface area contributed by atoms with E-state index in [1.54, 1.807) is 25.3 Å². The highest BCUT2D eigenvalue weighted by Gasteiger charge is 2.15. The lowest BCUT2D eigenvalue weighted by molar-refractivity contribution is 0.144. The van der Waals surface area contributed by atoms with Gasteiger partial charge in [0.25, 0.3) is 10.0 Å². The van der Waals surface area contributed by atoms with Crippen LogP contribution in [0.1, 0.15) is 0 Å². The second-order valence-corrected chi connectivity index (χ2v) is 6.89. The number of anilines is 1. The Balaban J connectivity index is 2.22. The molecule has 0 bridgehead atoms. The van der Waals surface area contributed by atoms with Crippen LogP contribution in [0.4, 0.5) is 5.69 Å². The molecule has 0 aliphatic rings. The number of sulfonamides is 1. The fraction of sp³-hybridized carbons (Fsp3) is 0.250. The van der Waals surface area contributed by atoms with E-state index in [0.717, 1.165) is 0 Å². The minimum atomic E-state index is -3.72. The Morgan fingerprint density at radius 2 is 1.71 bits per heavy atom. The molecule has 0 radical (unpaired) electrons. The number of methoxy groups -OCH3 is 2. The Labute approximate surface area is 146 Å². The van der Waals surface area contributed by atoms with Crippen LogP contribution in [-0.2, 0) is 14.8 Å². The highest BCUT2D eigenvalue weighted by molar-refractivity contribution is 7.92. The SMILES string of the molecule is COCCOc1cc(NS(=O)(=O)c2ccc(Cl)cc2)ccc1OC. The van der Waals surface area contributed by atoms with E-state index < -0.39 is 10.0 Å². The minimum absolute atomic E-state index is 0.115. The maximum absolute atomic E-state index is 12.4. The summed E-state index contributed by atoms with van der Waals surface area (Å²) in [7, 11) is -0.645. The molecule has 0 saturated carbocycles. The quantitative estimate of drug-likeness (QED) is 0.721. The molecular formula is C16H18ClNO5S. The average Bonchev–Trinajstić information content (AvgIpc) is 2.55. The van der Waals surface area contributed by atoms with Gasteiger partial charge in [-0.15, -0.1) is 0 Å². The molecule has 0 aliphatic carbocycles. The molecule has 0 aliphatic heterocycles. The van der Waals surface area contributed by atoms with Gasteiger partial charge in [-0.1, -0.05) is 11.6 Å². The Hall–Kier alpha value is -1.96. The molecule has 8 heteroatoms. The Bertz CT molecular complexity index is 778. The first kappa shape index (κ1) is 18.4. The van der Waals surface area contributed by atoms with E-state index in [0.29, 0.717) is 35.4 Å². The third-order valence-electron chi connectivity index (χ3n) is 3.08. The van der Waals surface area contributed by atoms with Crippen LogP contribution in [0.15, 0.2) is 47.4 Å². The summed E-state index contributed by atoms with van der Waals surface area (Å²) < 4.78 is 43.0. The van der Waals surface area contributed by atoms with Crippen molar-refractivity contribution in [2.75, 3.05) is 32.2 Å². The molecule has 0 heterocycles. The summed E-state index contributed by atoms with van der Waals surface area (Å²) in [6.07, 6.45) is 0. The monoisotopic (exact) mass is 371 g/mol. The number of nitrogens with one attached hydrogen (secondary N) is 1. The van der Waals surface area contributed by atoms with Gasteiger partial charge in [-0.2, -0.15) is 0 Å². The Morgan fingerprint density at radius 3 is 2.33 bits per heavy atom. The van der Waals surface area contributed by atoms with E-state index in [9.17, 15) is 8.42 Å². The van der Waals surface area contributed by atoms with E-state index in [2.05, 4.69) is 4.72 Å². The number of hydrogen-bond acceptors (Lipinski definition) is 5. The molecule has 0 spiro atoms. The van der Waals surface area contributed by atoms with E-state index in [1.165, 1.54) is 31.4 Å². The van der Waals surface area contributed by atoms with Crippen molar-refractivity contribution in [3.8, 4) is 11.5 Å². The molecule has 0 atom stereocenters. The van der Waals surface area contributed by atoms with Gasteiger partial charge in [-0.3, -0.25) is 4.72 Å². The molecule has 2 aromatic carbocycles. The molecule has 2 rings (SSSR count). The van der Waals surface area contributed by atoms with Crippen LogP contribution in [0.2, 0.25) is 5.02 Å². The summed E-state index contributed by atoms with van der Waals surface area (Å²) in [5, 5.41) is 0.465. The zero-order chi connectivity index (χ0) is 17.6. The van der Waals surface area contributed by atoms with Crippen molar-refractivity contribution in [3.63, 3.8) is 0 Å². The maximum atomic E-state index is 12.4. The summed E-state index contributed by atoms with van der Waals surface area (Å²) >= 11 is 5.78. The van der Waals surface area contributed by atoms with Crippen LogP contribution < -0.4 is 14.2 Å². The smallest absolute Gasteiger partial charge is 0.261 e. The van der Waals surface area contributed by atoms with E-state index in [4.69, 9.17) is 25.8 Å². The van der Waals surface area contributed by atoms with Crippen LogP contribution in [0.3, 0.4) is 0 Å². The zero-order valence-electron chi connectivity index (χ0n) is 13.3. The first-order chi connectivity index (χ1) is 11.5. The highest BCUT2D eigenvalue weighted by Crippen LogP contribution is 2.31. The number of rotatable bonds is 8. The van der Waals surface area contributed by atoms with Gasteiger partial charge in [0.05, 0.1) is 24.3 Å². The van der Waals surface area contributed by atoms with E-state index in [1.807, 2.05) is 0 Å². The van der Waals surface area contributed by atoms with Crippen molar-refractivity contribution in [2.45, 2.75) is 4.90 Å². The third-order valence-corrected chi connectivity index (χ3v) is 4.73. The summed E-state index contributed by atoms with van der Waals surface area (Å²) in [6, 6.07) is 10.7. The van der Waals surface area contributed by atoms with Crippen molar-refractivity contribution in [1.29, 1.82) is 0 Å². The van der Waals surface area contributed by atoms with Gasteiger partial charge in [0.1, 0.15) is 6.61 Å². The van der Waals surface area contributed by atoms with Gasteiger partial charge in [0.2, 0.25) is 0 Å². The molecule has 0 saturated heterocycles. The molecule has 130 valence electrons. The standard InChI is InChI=1S/C16H18ClNO5S/c1-21-9-10-23-16-11-13(5-8-15(16)22-2)18-24(19,20)14-6-3-12(17)4-7-14/h3-8,11,18H,9-10H2,1-2H3. The van der Waals surface area contributed by atoms with Gasteiger partial charge in [0.15, 0.2) is 11.5 Å². The number of hydrogen-bond donors (Lipinski definition) is 1. The van der Waals surface area contributed by atoms with Gasteiger partial charge in [-0.05, 0) is 36.4 Å². The molecule has 1 N–H and O–H groups in total. The predicted octanol–water partition coefficient (Wildman–Crippen LogP) is 3.17. The topological polar surface area (TPSA) is 73.9 Å². The number of halogens is 1. The number of ether oxygens (including phenoxy) is 3. The van der Waals surface area contributed by atoms with Crippen LogP contribution in [-0.4, -0.2) is 35.9 Å². The Morgan fingerprint density at radius 1 is 1.00 bits per heavy atom. The normalized spacial score (nSPS) is 11.1. The predicted molar refractivity (Wildman–Crippen MR) is 92.6 cm³/mol. The molecule has 0 unspecified atom stereocenters. The fourth-order valence-electron chi connectivity index (χ4n) is 1.92. The summed E-state index contributed by atoms with van der Waals surface area (Å²) in [6.45, 7) is 0.726. The van der Waals surface area contributed by atoms with E-state index in [-0.39, 0.29) is 4.90 Å². The van der Waals surface area contributed by atoms with Crippen LogP contribution in [0, 0.1) is 0 Å². The zero-order valence-corrected chi connectivity index (χ0v) is 14.9. The Kier molecular flexibility index (Phi) is 6.30. The van der Waals surface area contributed by atoms with Crippen molar-refractivity contribution in [3.05, 3.63) is 47.5 Å². The van der Waals surface area contributed by atoms with Crippen molar-refractivity contribution >= 4 is 27.3 Å². The maximum Gasteiger partial charge on any atom is 0.261 e. The first-order valence-corrected chi connectivity index (χ1v) is 8.90. The van der Waals surface area contributed by atoms with Crippen molar-refractivity contribution in [1.82, 2.24) is 0 Å². The third kappa shape index (κ3) is 4.77. The summed E-state index contributed by atoms with van der Waals surface area (Å²) in [4.78, 5) is 0.115. The molecule has 0 amide bonds. The van der Waals surface area contributed by atoms with Crippen LogP contribution >= 0.6 is 11.6 Å². The first-order valence-electron chi connectivity index (χ1n) is 7.04. The second-order valence-electron chi connectivity index (χ2n) is 4.77. The molecule has 2 aromatic rings. The van der Waals surface area contributed by atoms with Crippen LogP contribution in [0.25, 0.3) is 0 Å². The van der Waals surface area contributed by atoms with Gasteiger partial charge in [-0.25, -0.2) is 8.42 Å². The molecule has 24 heavy (non-hydrogen) atoms. The summed E-state index contributed by atoms with van der Waals surface area (Å²) in [5.41, 5.74) is 0.359. The summed E-state index contributed by atoms with van der Waals surface area (Å²) in [5.74, 6) is 0.923.